The summed E-state index contributed by atoms with van der Waals surface area (Å²) in [6.45, 7) is 8.77. The Bertz CT molecular complexity index is 293. The van der Waals surface area contributed by atoms with E-state index in [1.807, 2.05) is 0 Å². The van der Waals surface area contributed by atoms with Crippen LogP contribution in [0.4, 0.5) is 0 Å². The second kappa shape index (κ2) is 4.35. The lowest BCUT2D eigenvalue weighted by atomic mass is 9.84. The number of benzene rings is 1. The van der Waals surface area contributed by atoms with Crippen LogP contribution >= 0.6 is 11.6 Å². The molecule has 0 aliphatic rings. The first-order valence-corrected chi connectivity index (χ1v) is 5.61. The van der Waals surface area contributed by atoms with E-state index in [1.165, 1.54) is 16.7 Å². The average Bonchev–Trinajstić information content (AvgIpc) is 2.12. The first-order valence-electron chi connectivity index (χ1n) is 5.07. The maximum absolute atomic E-state index is 5.95. The molecule has 1 heteroatoms. The van der Waals surface area contributed by atoms with E-state index in [0.29, 0.717) is 5.88 Å². The molecule has 0 saturated heterocycles. The standard InChI is InChI=1S/C13H19Cl/c1-10-6-5-7-11(2)12(10)8-13(3,4)9-14/h5-7H,8-9H2,1-4H3. The van der Waals surface area contributed by atoms with E-state index in [1.54, 1.807) is 0 Å². The Morgan fingerprint density at radius 3 is 2.07 bits per heavy atom. The molecule has 0 heterocycles. The van der Waals surface area contributed by atoms with Gasteiger partial charge in [0.25, 0.3) is 0 Å². The molecular formula is C13H19Cl. The number of halogens is 1. The van der Waals surface area contributed by atoms with Gasteiger partial charge in [-0.15, -0.1) is 11.6 Å². The predicted molar refractivity (Wildman–Crippen MR) is 64.1 cm³/mol. The highest BCUT2D eigenvalue weighted by molar-refractivity contribution is 6.18. The molecule has 0 radical (unpaired) electrons. The smallest absolute Gasteiger partial charge is 0.0277 e. The minimum absolute atomic E-state index is 0.193. The molecule has 0 bridgehead atoms. The van der Waals surface area contributed by atoms with E-state index in [4.69, 9.17) is 11.6 Å². The summed E-state index contributed by atoms with van der Waals surface area (Å²) in [5.74, 6) is 0.709. The van der Waals surface area contributed by atoms with Gasteiger partial charge < -0.3 is 0 Å². The summed E-state index contributed by atoms with van der Waals surface area (Å²) in [5, 5.41) is 0. The van der Waals surface area contributed by atoms with Crippen molar-refractivity contribution in [1.82, 2.24) is 0 Å². The summed E-state index contributed by atoms with van der Waals surface area (Å²) in [6.07, 6.45) is 1.06. The van der Waals surface area contributed by atoms with E-state index in [0.717, 1.165) is 6.42 Å². The van der Waals surface area contributed by atoms with Crippen molar-refractivity contribution in [3.63, 3.8) is 0 Å². The van der Waals surface area contributed by atoms with Crippen LogP contribution < -0.4 is 0 Å². The topological polar surface area (TPSA) is 0 Å². The lowest BCUT2D eigenvalue weighted by Crippen LogP contribution is -2.18. The summed E-state index contributed by atoms with van der Waals surface area (Å²) < 4.78 is 0. The van der Waals surface area contributed by atoms with Crippen molar-refractivity contribution in [3.8, 4) is 0 Å². The Balaban J connectivity index is 2.97. The highest BCUT2D eigenvalue weighted by Gasteiger charge is 2.18. The van der Waals surface area contributed by atoms with E-state index in [2.05, 4.69) is 45.9 Å². The zero-order valence-electron chi connectivity index (χ0n) is 9.52. The van der Waals surface area contributed by atoms with Crippen molar-refractivity contribution in [2.24, 2.45) is 5.41 Å². The highest BCUT2D eigenvalue weighted by atomic mass is 35.5. The monoisotopic (exact) mass is 210 g/mol. The Kier molecular flexibility index (Phi) is 3.60. The summed E-state index contributed by atoms with van der Waals surface area (Å²) in [5.41, 5.74) is 4.41. The van der Waals surface area contributed by atoms with Gasteiger partial charge >= 0.3 is 0 Å². The Morgan fingerprint density at radius 2 is 1.64 bits per heavy atom. The lowest BCUT2D eigenvalue weighted by Gasteiger charge is -2.23. The normalized spacial score (nSPS) is 11.8. The summed E-state index contributed by atoms with van der Waals surface area (Å²) in [6, 6.07) is 6.46. The fourth-order valence-electron chi connectivity index (χ4n) is 1.65. The average molecular weight is 211 g/mol. The molecular weight excluding hydrogens is 192 g/mol. The molecule has 0 spiro atoms. The van der Waals surface area contributed by atoms with E-state index in [9.17, 15) is 0 Å². The molecule has 14 heavy (non-hydrogen) atoms. The van der Waals surface area contributed by atoms with Gasteiger partial charge in [-0.25, -0.2) is 0 Å². The number of hydrogen-bond acceptors (Lipinski definition) is 0. The molecule has 1 aromatic carbocycles. The van der Waals surface area contributed by atoms with Crippen molar-refractivity contribution in [2.45, 2.75) is 34.1 Å². The van der Waals surface area contributed by atoms with Gasteiger partial charge in [0.2, 0.25) is 0 Å². The van der Waals surface area contributed by atoms with Crippen molar-refractivity contribution in [1.29, 1.82) is 0 Å². The molecule has 0 unspecified atom stereocenters. The molecule has 0 saturated carbocycles. The van der Waals surface area contributed by atoms with Crippen LogP contribution in [0.25, 0.3) is 0 Å². The van der Waals surface area contributed by atoms with Crippen LogP contribution in [0.1, 0.15) is 30.5 Å². The quantitative estimate of drug-likeness (QED) is 0.659. The van der Waals surface area contributed by atoms with E-state index in [-0.39, 0.29) is 5.41 Å². The largest absolute Gasteiger partial charge is 0.126 e. The van der Waals surface area contributed by atoms with Gasteiger partial charge in [0.05, 0.1) is 0 Å². The molecule has 1 rings (SSSR count). The van der Waals surface area contributed by atoms with Gasteiger partial charge in [-0.05, 0) is 42.4 Å². The first kappa shape index (κ1) is 11.6. The SMILES string of the molecule is Cc1cccc(C)c1CC(C)(C)CCl. The van der Waals surface area contributed by atoms with E-state index >= 15 is 0 Å². The van der Waals surface area contributed by atoms with Gasteiger partial charge in [-0.1, -0.05) is 32.0 Å². The summed E-state index contributed by atoms with van der Waals surface area (Å²) in [7, 11) is 0. The maximum Gasteiger partial charge on any atom is 0.0277 e. The fraction of sp³-hybridized carbons (Fsp3) is 0.538. The molecule has 0 aliphatic heterocycles. The van der Waals surface area contributed by atoms with Gasteiger partial charge in [-0.3, -0.25) is 0 Å². The summed E-state index contributed by atoms with van der Waals surface area (Å²) in [4.78, 5) is 0. The fourth-order valence-corrected chi connectivity index (χ4v) is 1.75. The van der Waals surface area contributed by atoms with Gasteiger partial charge in [0.15, 0.2) is 0 Å². The van der Waals surface area contributed by atoms with E-state index < -0.39 is 0 Å². The van der Waals surface area contributed by atoms with Crippen molar-refractivity contribution in [2.75, 3.05) is 5.88 Å². The maximum atomic E-state index is 5.95. The number of alkyl halides is 1. The van der Waals surface area contributed by atoms with Crippen LogP contribution in [-0.4, -0.2) is 5.88 Å². The van der Waals surface area contributed by atoms with Gasteiger partial charge in [-0.2, -0.15) is 0 Å². The van der Waals surface area contributed by atoms with Crippen LogP contribution in [0.2, 0.25) is 0 Å². The second-order valence-corrected chi connectivity index (χ2v) is 5.11. The molecule has 0 N–H and O–H groups in total. The zero-order chi connectivity index (χ0) is 10.8. The molecule has 78 valence electrons. The number of hydrogen-bond donors (Lipinski definition) is 0. The number of aryl methyl sites for hydroxylation is 2. The molecule has 0 nitrogen and oxygen atoms in total. The first-order chi connectivity index (χ1) is 6.46. The van der Waals surface area contributed by atoms with Gasteiger partial charge in [0.1, 0.15) is 0 Å². The minimum atomic E-state index is 0.193. The predicted octanol–water partition coefficient (Wildman–Crippen LogP) is 4.11. The minimum Gasteiger partial charge on any atom is -0.126 e. The zero-order valence-corrected chi connectivity index (χ0v) is 10.3. The van der Waals surface area contributed by atoms with Crippen LogP contribution in [-0.2, 0) is 6.42 Å². The lowest BCUT2D eigenvalue weighted by molar-refractivity contribution is 0.416. The third kappa shape index (κ3) is 2.75. The third-order valence-electron chi connectivity index (χ3n) is 2.66. The Hall–Kier alpha value is -0.490. The van der Waals surface area contributed by atoms with Crippen LogP contribution in [0.5, 0.6) is 0 Å². The molecule has 0 atom stereocenters. The number of rotatable bonds is 3. The van der Waals surface area contributed by atoms with Crippen LogP contribution in [0.15, 0.2) is 18.2 Å². The Labute approximate surface area is 92.3 Å². The van der Waals surface area contributed by atoms with Crippen LogP contribution in [0, 0.1) is 19.3 Å². The third-order valence-corrected chi connectivity index (χ3v) is 3.39. The molecule has 0 aromatic heterocycles. The summed E-state index contributed by atoms with van der Waals surface area (Å²) >= 11 is 5.95. The molecule has 0 aliphatic carbocycles. The highest BCUT2D eigenvalue weighted by Crippen LogP contribution is 2.26. The molecule has 0 amide bonds. The molecule has 0 fully saturated rings. The Morgan fingerprint density at radius 1 is 1.14 bits per heavy atom. The van der Waals surface area contributed by atoms with Crippen molar-refractivity contribution >= 4 is 11.6 Å². The van der Waals surface area contributed by atoms with Gasteiger partial charge in [0, 0.05) is 5.88 Å². The van der Waals surface area contributed by atoms with Crippen molar-refractivity contribution < 1.29 is 0 Å². The van der Waals surface area contributed by atoms with Crippen LogP contribution in [0.3, 0.4) is 0 Å². The second-order valence-electron chi connectivity index (χ2n) is 4.84. The molecule has 1 aromatic rings. The van der Waals surface area contributed by atoms with Crippen molar-refractivity contribution in [3.05, 3.63) is 34.9 Å².